The van der Waals surface area contributed by atoms with Gasteiger partial charge in [-0.05, 0) is 42.0 Å². The van der Waals surface area contributed by atoms with Crippen LogP contribution in [-0.4, -0.2) is 18.4 Å². The van der Waals surface area contributed by atoms with E-state index in [9.17, 15) is 9.59 Å². The number of hydrogen-bond donors (Lipinski definition) is 2. The zero-order chi connectivity index (χ0) is 20.0. The molecule has 0 heterocycles. The number of rotatable bonds is 7. The fraction of sp³-hybridized carbons (Fsp3) is 0.0588. The van der Waals surface area contributed by atoms with E-state index in [1.54, 1.807) is 42.5 Å². The Morgan fingerprint density at radius 2 is 1.70 bits per heavy atom. The van der Waals surface area contributed by atoms with Crippen molar-refractivity contribution in [3.8, 4) is 5.75 Å². The van der Waals surface area contributed by atoms with Crippen molar-refractivity contribution >= 4 is 59.4 Å². The summed E-state index contributed by atoms with van der Waals surface area (Å²) in [5, 5.41) is 0.696. The van der Waals surface area contributed by atoms with Crippen LogP contribution in [0.15, 0.2) is 48.5 Å². The molecule has 2 rings (SSSR count). The summed E-state index contributed by atoms with van der Waals surface area (Å²) in [5.74, 6) is -0.555. The average molecular weight is 449 g/mol. The monoisotopic (exact) mass is 447 g/mol. The number of hydrogen-bond acceptors (Lipinski definition) is 6. The minimum absolute atomic E-state index is 0.215. The summed E-state index contributed by atoms with van der Waals surface area (Å²) in [6, 6.07) is 11.3. The van der Waals surface area contributed by atoms with Crippen LogP contribution < -0.4 is 15.7 Å². The molecule has 0 aromatic heterocycles. The Morgan fingerprint density at radius 3 is 2.30 bits per heavy atom. The third kappa shape index (κ3) is 7.46. The van der Waals surface area contributed by atoms with Crippen LogP contribution in [0.2, 0.25) is 10.0 Å². The van der Waals surface area contributed by atoms with Crippen molar-refractivity contribution in [2.75, 3.05) is 6.61 Å². The second kappa shape index (κ2) is 9.51. The molecule has 0 radical (unpaired) electrons. The van der Waals surface area contributed by atoms with Crippen molar-refractivity contribution in [1.29, 1.82) is 0 Å². The number of allylic oxidation sites excluding steroid dienone is 1. The Labute approximate surface area is 171 Å². The van der Waals surface area contributed by atoms with Gasteiger partial charge in [0, 0.05) is 5.56 Å². The minimum atomic E-state index is -3.16. The van der Waals surface area contributed by atoms with E-state index in [2.05, 4.69) is 4.52 Å². The predicted octanol–water partition coefficient (Wildman–Crippen LogP) is 4.65. The molecule has 0 bridgehead atoms. The Hall–Kier alpha value is -1.66. The van der Waals surface area contributed by atoms with Crippen molar-refractivity contribution in [2.45, 2.75) is 0 Å². The van der Waals surface area contributed by atoms with Crippen LogP contribution in [0.1, 0.15) is 15.9 Å². The zero-order valence-corrected chi connectivity index (χ0v) is 16.9. The van der Waals surface area contributed by atoms with Crippen molar-refractivity contribution in [2.24, 2.45) is 11.0 Å². The maximum atomic E-state index is 12.1. The second-order valence-corrected chi connectivity index (χ2v) is 9.10. The molecule has 0 saturated heterocycles. The summed E-state index contributed by atoms with van der Waals surface area (Å²) in [7, 11) is -3.16. The maximum Gasteiger partial charge on any atom is 0.433 e. The van der Waals surface area contributed by atoms with Crippen LogP contribution in [0, 0.1) is 0 Å². The van der Waals surface area contributed by atoms with Gasteiger partial charge in [0.15, 0.2) is 23.6 Å². The highest BCUT2D eigenvalue weighted by Gasteiger charge is 2.32. The molecule has 2 aromatic rings. The molecule has 0 saturated carbocycles. The Morgan fingerprint density at radius 1 is 1.04 bits per heavy atom. The van der Waals surface area contributed by atoms with E-state index in [1.807, 2.05) is 0 Å². The lowest BCUT2D eigenvalue weighted by Gasteiger charge is -2.07. The number of ketones is 1. The summed E-state index contributed by atoms with van der Waals surface area (Å²) < 4.78 is 9.85. The summed E-state index contributed by atoms with van der Waals surface area (Å²) >= 11 is 17.2. The Bertz CT molecular complexity index is 867. The van der Waals surface area contributed by atoms with Crippen molar-refractivity contribution < 1.29 is 18.8 Å². The van der Waals surface area contributed by atoms with Gasteiger partial charge in [0.2, 0.25) is 0 Å². The van der Waals surface area contributed by atoms with E-state index in [0.717, 1.165) is 5.56 Å². The Balaban J connectivity index is 1.93. The van der Waals surface area contributed by atoms with E-state index < -0.39 is 13.1 Å². The molecule has 2 aromatic carbocycles. The van der Waals surface area contributed by atoms with Crippen molar-refractivity contribution in [3.63, 3.8) is 0 Å². The zero-order valence-electron chi connectivity index (χ0n) is 13.8. The average Bonchev–Trinajstić information content (AvgIpc) is 2.59. The summed E-state index contributed by atoms with van der Waals surface area (Å²) in [5.41, 5.74) is 11.7. The van der Waals surface area contributed by atoms with Gasteiger partial charge in [-0.2, -0.15) is 0 Å². The van der Waals surface area contributed by atoms with Gasteiger partial charge in [0.05, 0.1) is 10.0 Å². The third-order valence-corrected chi connectivity index (χ3v) is 4.54. The third-order valence-electron chi connectivity index (χ3n) is 3.11. The Kier molecular flexibility index (Phi) is 7.62. The quantitative estimate of drug-likeness (QED) is 0.363. The highest BCUT2D eigenvalue weighted by atomic mass is 35.7. The molecule has 4 N–H and O–H groups in total. The minimum Gasteiger partial charge on any atom is -0.482 e. The van der Waals surface area contributed by atoms with Crippen LogP contribution in [0.25, 0.3) is 6.08 Å². The standard InChI is InChI=1S/C17H15Cl3N2O4P/c18-14-7-4-12(9-15(14)19)16(23)8-3-11-1-5-13(6-2-11)25-10-17(24)26-27(20,21)22/h1-9H,10,21-22H2/q+1/b8-3+. The first-order chi connectivity index (χ1) is 12.6. The molecule has 27 heavy (non-hydrogen) atoms. The molecule has 10 heteroatoms. The molecule has 6 nitrogen and oxygen atoms in total. The molecule has 0 aliphatic carbocycles. The van der Waals surface area contributed by atoms with Gasteiger partial charge in [0.25, 0.3) is 0 Å². The number of carbonyl (C=O) groups excluding carboxylic acids is 2. The first-order valence-corrected chi connectivity index (χ1v) is 10.9. The second-order valence-electron chi connectivity index (χ2n) is 5.27. The summed E-state index contributed by atoms with van der Waals surface area (Å²) in [4.78, 5) is 23.6. The van der Waals surface area contributed by atoms with Crippen LogP contribution in [-0.2, 0) is 9.32 Å². The topological polar surface area (TPSA) is 105 Å². The smallest absolute Gasteiger partial charge is 0.433 e. The van der Waals surface area contributed by atoms with Gasteiger partial charge in [-0.15, -0.1) is 11.0 Å². The molecule has 0 fully saturated rings. The molecular formula is C17H15Cl3N2O4P+. The lowest BCUT2D eigenvalue weighted by molar-refractivity contribution is -0.136. The normalized spacial score (nSPS) is 11.4. The summed E-state index contributed by atoms with van der Waals surface area (Å²) in [6.07, 6.45) is 3.05. The van der Waals surface area contributed by atoms with E-state index in [1.165, 1.54) is 12.1 Å². The highest BCUT2D eigenvalue weighted by molar-refractivity contribution is 7.91. The fourth-order valence-electron chi connectivity index (χ4n) is 1.92. The summed E-state index contributed by atoms with van der Waals surface area (Å²) in [6.45, 7) is -0.381. The molecule has 0 atom stereocenters. The molecule has 142 valence electrons. The molecule has 0 spiro atoms. The van der Waals surface area contributed by atoms with Gasteiger partial charge in [-0.3, -0.25) is 9.32 Å². The largest absolute Gasteiger partial charge is 0.482 e. The number of nitrogens with two attached hydrogens (primary N) is 2. The van der Waals surface area contributed by atoms with Crippen LogP contribution in [0.3, 0.4) is 0 Å². The maximum absolute atomic E-state index is 12.1. The number of halogens is 3. The SMILES string of the molecule is N[P+](N)(Cl)OC(=O)COc1ccc(/C=C/C(=O)c2ccc(Cl)c(Cl)c2)cc1. The number of ether oxygens (including phenoxy) is 1. The lowest BCUT2D eigenvalue weighted by atomic mass is 10.1. The van der Waals surface area contributed by atoms with E-state index in [4.69, 9.17) is 50.2 Å². The fourth-order valence-corrected chi connectivity index (χ4v) is 2.81. The van der Waals surface area contributed by atoms with Crippen LogP contribution in [0.4, 0.5) is 0 Å². The van der Waals surface area contributed by atoms with Gasteiger partial charge < -0.3 is 4.74 Å². The lowest BCUT2D eigenvalue weighted by Crippen LogP contribution is -2.20. The van der Waals surface area contributed by atoms with E-state index in [0.29, 0.717) is 21.4 Å². The van der Waals surface area contributed by atoms with Gasteiger partial charge in [-0.1, -0.05) is 41.4 Å². The molecule has 0 amide bonds. The van der Waals surface area contributed by atoms with Crippen molar-refractivity contribution in [1.82, 2.24) is 0 Å². The predicted molar refractivity (Wildman–Crippen MR) is 109 cm³/mol. The van der Waals surface area contributed by atoms with Gasteiger partial charge >= 0.3 is 13.1 Å². The highest BCUT2D eigenvalue weighted by Crippen LogP contribution is 2.48. The van der Waals surface area contributed by atoms with Crippen molar-refractivity contribution in [3.05, 3.63) is 69.7 Å². The first-order valence-electron chi connectivity index (χ1n) is 7.42. The molecular weight excluding hydrogens is 434 g/mol. The van der Waals surface area contributed by atoms with Crippen LogP contribution in [0.5, 0.6) is 5.75 Å². The number of benzene rings is 2. The molecule has 0 aliphatic rings. The van der Waals surface area contributed by atoms with E-state index >= 15 is 0 Å². The molecule has 0 unspecified atom stereocenters. The van der Waals surface area contributed by atoms with Crippen LogP contribution >= 0.6 is 41.6 Å². The van der Waals surface area contributed by atoms with Gasteiger partial charge in [-0.25, -0.2) is 4.79 Å². The number of carbonyl (C=O) groups is 2. The first kappa shape index (κ1) is 21.6. The van der Waals surface area contributed by atoms with E-state index in [-0.39, 0.29) is 12.4 Å². The molecule has 0 aliphatic heterocycles. The van der Waals surface area contributed by atoms with Gasteiger partial charge in [0.1, 0.15) is 5.75 Å².